The fraction of sp³-hybridized carbons (Fsp3) is 0.222. The van der Waals surface area contributed by atoms with Gasteiger partial charge in [-0.15, -0.1) is 0 Å². The predicted molar refractivity (Wildman–Crippen MR) is 92.7 cm³/mol. The molecule has 0 aromatic heterocycles. The Kier molecular flexibility index (Phi) is 5.74. The van der Waals surface area contributed by atoms with E-state index >= 15 is 0 Å². The number of ether oxygens (including phenoxy) is 1. The Labute approximate surface area is 136 Å². The number of benzene rings is 2. The summed E-state index contributed by atoms with van der Waals surface area (Å²) in [6.07, 6.45) is 1.56. The van der Waals surface area contributed by atoms with Crippen molar-refractivity contribution in [3.05, 3.63) is 59.7 Å². The highest BCUT2D eigenvalue weighted by Gasteiger charge is 2.07. The van der Waals surface area contributed by atoms with Gasteiger partial charge in [-0.05, 0) is 30.2 Å². The highest BCUT2D eigenvalue weighted by atomic mass is 16.5. The van der Waals surface area contributed by atoms with E-state index in [2.05, 4.69) is 24.4 Å². The van der Waals surface area contributed by atoms with Gasteiger partial charge < -0.3 is 10.5 Å². The van der Waals surface area contributed by atoms with E-state index in [1.54, 1.807) is 30.5 Å². The monoisotopic (exact) mass is 311 g/mol. The third kappa shape index (κ3) is 4.85. The second-order valence-corrected chi connectivity index (χ2v) is 5.53. The number of carbonyl (C=O) groups excluding carboxylic acids is 1. The van der Waals surface area contributed by atoms with E-state index in [0.717, 1.165) is 11.3 Å². The van der Waals surface area contributed by atoms with Crippen LogP contribution in [0.2, 0.25) is 0 Å². The van der Waals surface area contributed by atoms with E-state index in [1.165, 1.54) is 0 Å². The van der Waals surface area contributed by atoms with Gasteiger partial charge in [0.1, 0.15) is 5.75 Å². The number of hydrogen-bond donors (Lipinski definition) is 2. The Balaban J connectivity index is 2.03. The van der Waals surface area contributed by atoms with Crippen molar-refractivity contribution in [1.82, 2.24) is 5.43 Å². The molecule has 0 aliphatic heterocycles. The summed E-state index contributed by atoms with van der Waals surface area (Å²) in [5.41, 5.74) is 9.85. The Morgan fingerprint density at radius 2 is 1.91 bits per heavy atom. The van der Waals surface area contributed by atoms with E-state index in [4.69, 9.17) is 10.5 Å². The topological polar surface area (TPSA) is 76.7 Å². The molecule has 0 aliphatic carbocycles. The van der Waals surface area contributed by atoms with Gasteiger partial charge in [0.05, 0.1) is 18.4 Å². The number of nitrogens with two attached hydrogens (primary N) is 1. The van der Waals surface area contributed by atoms with E-state index < -0.39 is 0 Å². The molecule has 2 aromatic rings. The van der Waals surface area contributed by atoms with E-state index in [-0.39, 0.29) is 5.91 Å². The molecule has 23 heavy (non-hydrogen) atoms. The van der Waals surface area contributed by atoms with Gasteiger partial charge in [-0.2, -0.15) is 5.10 Å². The maximum Gasteiger partial charge on any atom is 0.273 e. The Bertz CT molecular complexity index is 696. The van der Waals surface area contributed by atoms with Crippen LogP contribution in [0, 0.1) is 5.92 Å². The van der Waals surface area contributed by atoms with Gasteiger partial charge in [-0.25, -0.2) is 5.43 Å². The van der Waals surface area contributed by atoms with Crippen molar-refractivity contribution in [2.75, 3.05) is 12.3 Å². The summed E-state index contributed by atoms with van der Waals surface area (Å²) in [5, 5.41) is 3.99. The number of nitrogens with one attached hydrogen (secondary N) is 1. The quantitative estimate of drug-likeness (QED) is 0.489. The lowest BCUT2D eigenvalue weighted by molar-refractivity contribution is 0.0956. The number of anilines is 1. The first-order valence-electron chi connectivity index (χ1n) is 7.47. The Morgan fingerprint density at radius 3 is 2.65 bits per heavy atom. The summed E-state index contributed by atoms with van der Waals surface area (Å²) in [4.78, 5) is 12.0. The molecule has 0 radical (unpaired) electrons. The molecule has 0 saturated heterocycles. The van der Waals surface area contributed by atoms with Crippen molar-refractivity contribution in [2.24, 2.45) is 11.0 Å². The second-order valence-electron chi connectivity index (χ2n) is 5.53. The molecular weight excluding hydrogens is 290 g/mol. The summed E-state index contributed by atoms with van der Waals surface area (Å²) in [7, 11) is 0. The average Bonchev–Trinajstić information content (AvgIpc) is 2.54. The maximum absolute atomic E-state index is 12.0. The smallest absolute Gasteiger partial charge is 0.273 e. The van der Waals surface area contributed by atoms with Crippen molar-refractivity contribution in [2.45, 2.75) is 13.8 Å². The molecule has 5 nitrogen and oxygen atoms in total. The first-order chi connectivity index (χ1) is 11.1. The second kappa shape index (κ2) is 7.98. The fourth-order valence-electron chi connectivity index (χ4n) is 1.90. The largest absolute Gasteiger partial charge is 0.493 e. The number of hydrogen-bond acceptors (Lipinski definition) is 4. The Hall–Kier alpha value is -2.82. The highest BCUT2D eigenvalue weighted by Crippen LogP contribution is 2.16. The van der Waals surface area contributed by atoms with Crippen LogP contribution < -0.4 is 15.9 Å². The lowest BCUT2D eigenvalue weighted by Gasteiger charge is -2.10. The number of nitrogens with zero attached hydrogens (tertiary/aromatic N) is 1. The molecule has 0 spiro atoms. The van der Waals surface area contributed by atoms with Crippen LogP contribution in [0.4, 0.5) is 5.69 Å². The standard InChI is InChI=1S/C18H21N3O2/c1-13(2)12-23-17-10-6-3-7-14(17)11-20-21-18(22)15-8-4-5-9-16(15)19/h3-11,13H,12,19H2,1-2H3,(H,21,22)/b20-11-. The normalized spacial score (nSPS) is 10.9. The lowest BCUT2D eigenvalue weighted by atomic mass is 10.2. The van der Waals surface area contributed by atoms with Gasteiger partial charge in [0.2, 0.25) is 0 Å². The fourth-order valence-corrected chi connectivity index (χ4v) is 1.90. The van der Waals surface area contributed by atoms with Gasteiger partial charge in [-0.1, -0.05) is 38.1 Å². The number of nitrogen functional groups attached to an aromatic ring is 1. The van der Waals surface area contributed by atoms with Gasteiger partial charge in [0.15, 0.2) is 0 Å². The maximum atomic E-state index is 12.0. The summed E-state index contributed by atoms with van der Waals surface area (Å²) < 4.78 is 5.74. The summed E-state index contributed by atoms with van der Waals surface area (Å²) >= 11 is 0. The molecule has 120 valence electrons. The Morgan fingerprint density at radius 1 is 1.22 bits per heavy atom. The number of para-hydroxylation sites is 2. The van der Waals surface area contributed by atoms with Gasteiger partial charge in [-0.3, -0.25) is 4.79 Å². The van der Waals surface area contributed by atoms with Crippen LogP contribution in [0.3, 0.4) is 0 Å². The number of amides is 1. The molecule has 0 heterocycles. The van der Waals surface area contributed by atoms with Crippen LogP contribution in [0.5, 0.6) is 5.75 Å². The number of hydrazone groups is 1. The molecule has 0 fully saturated rings. The van der Waals surface area contributed by atoms with Crippen molar-refractivity contribution in [1.29, 1.82) is 0 Å². The molecular formula is C18H21N3O2. The van der Waals surface area contributed by atoms with E-state index in [1.807, 2.05) is 24.3 Å². The number of rotatable bonds is 6. The first kappa shape index (κ1) is 16.5. The lowest BCUT2D eigenvalue weighted by Crippen LogP contribution is -2.19. The zero-order chi connectivity index (χ0) is 16.7. The van der Waals surface area contributed by atoms with Crippen LogP contribution in [0.1, 0.15) is 29.8 Å². The van der Waals surface area contributed by atoms with Gasteiger partial charge in [0, 0.05) is 11.3 Å². The van der Waals surface area contributed by atoms with Crippen molar-refractivity contribution < 1.29 is 9.53 Å². The van der Waals surface area contributed by atoms with Crippen molar-refractivity contribution in [3.63, 3.8) is 0 Å². The SMILES string of the molecule is CC(C)COc1ccccc1/C=N\NC(=O)c1ccccc1N. The summed E-state index contributed by atoms with van der Waals surface area (Å²) in [6.45, 7) is 4.79. The van der Waals surface area contributed by atoms with Crippen molar-refractivity contribution in [3.8, 4) is 5.75 Å². The minimum Gasteiger partial charge on any atom is -0.493 e. The zero-order valence-corrected chi connectivity index (χ0v) is 13.3. The molecule has 2 rings (SSSR count). The molecule has 0 saturated carbocycles. The molecule has 5 heteroatoms. The predicted octanol–water partition coefficient (Wildman–Crippen LogP) is 3.07. The average molecular weight is 311 g/mol. The molecule has 0 aliphatic rings. The summed E-state index contributed by atoms with van der Waals surface area (Å²) in [6, 6.07) is 14.4. The molecule has 0 bridgehead atoms. The zero-order valence-electron chi connectivity index (χ0n) is 13.3. The summed E-state index contributed by atoms with van der Waals surface area (Å²) in [5.74, 6) is 0.819. The molecule has 0 atom stereocenters. The molecule has 2 aromatic carbocycles. The third-order valence-corrected chi connectivity index (χ3v) is 3.07. The van der Waals surface area contributed by atoms with Gasteiger partial charge in [0.25, 0.3) is 5.91 Å². The highest BCUT2D eigenvalue weighted by molar-refractivity contribution is 5.99. The van der Waals surface area contributed by atoms with E-state index in [9.17, 15) is 4.79 Å². The van der Waals surface area contributed by atoms with E-state index in [0.29, 0.717) is 23.8 Å². The number of carbonyl (C=O) groups is 1. The van der Waals surface area contributed by atoms with Crippen LogP contribution in [0.25, 0.3) is 0 Å². The van der Waals surface area contributed by atoms with Crippen LogP contribution in [0.15, 0.2) is 53.6 Å². The molecule has 1 amide bonds. The van der Waals surface area contributed by atoms with Crippen LogP contribution in [-0.2, 0) is 0 Å². The minimum atomic E-state index is -0.347. The van der Waals surface area contributed by atoms with Gasteiger partial charge >= 0.3 is 0 Å². The third-order valence-electron chi connectivity index (χ3n) is 3.07. The molecule has 0 unspecified atom stereocenters. The first-order valence-corrected chi connectivity index (χ1v) is 7.47. The molecule has 3 N–H and O–H groups in total. The van der Waals surface area contributed by atoms with Crippen LogP contribution >= 0.6 is 0 Å². The van der Waals surface area contributed by atoms with Crippen LogP contribution in [-0.4, -0.2) is 18.7 Å². The minimum absolute atomic E-state index is 0.347. The van der Waals surface area contributed by atoms with Crippen molar-refractivity contribution >= 4 is 17.8 Å².